The maximum absolute atomic E-state index is 13.0. The van der Waals surface area contributed by atoms with Crippen molar-refractivity contribution in [3.8, 4) is 0 Å². The van der Waals surface area contributed by atoms with Gasteiger partial charge in [0.15, 0.2) is 0 Å². The molecule has 1 aromatic carbocycles. The summed E-state index contributed by atoms with van der Waals surface area (Å²) in [5.41, 5.74) is 2.69. The van der Waals surface area contributed by atoms with E-state index in [1.54, 1.807) is 6.20 Å². The molecule has 1 saturated heterocycles. The molecule has 4 rings (SSSR count). The molecule has 3 aromatic rings. The van der Waals surface area contributed by atoms with E-state index in [-0.39, 0.29) is 17.6 Å². The number of nitrogens with one attached hydrogen (secondary N) is 1. The summed E-state index contributed by atoms with van der Waals surface area (Å²) in [6.07, 6.45) is 5.38. The molecule has 6 nitrogen and oxygen atoms in total. The van der Waals surface area contributed by atoms with Gasteiger partial charge in [0.1, 0.15) is 11.6 Å². The van der Waals surface area contributed by atoms with Gasteiger partial charge in [-0.3, -0.25) is 14.7 Å². The number of pyridine rings is 1. The first-order valence-corrected chi connectivity index (χ1v) is 10.1. The fourth-order valence-corrected chi connectivity index (χ4v) is 3.71. The second-order valence-electron chi connectivity index (χ2n) is 7.56. The molecule has 0 saturated carbocycles. The van der Waals surface area contributed by atoms with Gasteiger partial charge in [-0.05, 0) is 69.3 Å². The molecule has 0 atom stereocenters. The van der Waals surface area contributed by atoms with E-state index in [0.717, 1.165) is 44.0 Å². The molecule has 30 heavy (non-hydrogen) atoms. The number of carbonyl (C=O) groups excluding carboxylic acids is 1. The van der Waals surface area contributed by atoms with Gasteiger partial charge in [0, 0.05) is 30.5 Å². The summed E-state index contributed by atoms with van der Waals surface area (Å²) in [6, 6.07) is 11.7. The topological polar surface area (TPSA) is 71.0 Å². The fourth-order valence-electron chi connectivity index (χ4n) is 3.71. The Balaban J connectivity index is 1.36. The predicted octanol–water partition coefficient (Wildman–Crippen LogP) is 3.95. The van der Waals surface area contributed by atoms with E-state index in [1.807, 2.05) is 31.3 Å². The number of likely N-dealkylation sites (tertiary alicyclic amines) is 1. The number of piperidine rings is 1. The van der Waals surface area contributed by atoms with Crippen molar-refractivity contribution in [2.24, 2.45) is 0 Å². The average Bonchev–Trinajstić information content (AvgIpc) is 2.76. The third-order valence-corrected chi connectivity index (χ3v) is 5.41. The van der Waals surface area contributed by atoms with Crippen molar-refractivity contribution >= 4 is 11.6 Å². The van der Waals surface area contributed by atoms with Crippen LogP contribution >= 0.6 is 0 Å². The van der Waals surface area contributed by atoms with E-state index in [2.05, 4.69) is 25.2 Å². The molecule has 0 unspecified atom stereocenters. The molecule has 1 fully saturated rings. The highest BCUT2D eigenvalue weighted by molar-refractivity contribution is 6.04. The van der Waals surface area contributed by atoms with Crippen LogP contribution in [0.15, 0.2) is 54.9 Å². The summed E-state index contributed by atoms with van der Waals surface area (Å²) >= 11 is 0. The van der Waals surface area contributed by atoms with Crippen molar-refractivity contribution in [3.05, 3.63) is 83.5 Å². The SMILES string of the molecule is Cc1nc(C2CCN(Cc3ccccn3)CC2)ncc1C(=O)Nc1ccc(F)cc1. The molecule has 3 heterocycles. The largest absolute Gasteiger partial charge is 0.322 e. The Bertz CT molecular complexity index is 1000. The lowest BCUT2D eigenvalue weighted by molar-refractivity contribution is 0.102. The molecular formula is C23H24FN5O. The second kappa shape index (κ2) is 9.09. The third kappa shape index (κ3) is 4.86. The number of carbonyl (C=O) groups is 1. The molecule has 154 valence electrons. The van der Waals surface area contributed by atoms with Crippen LogP contribution in [-0.4, -0.2) is 38.8 Å². The lowest BCUT2D eigenvalue weighted by Gasteiger charge is -2.31. The van der Waals surface area contributed by atoms with Crippen LogP contribution in [0.3, 0.4) is 0 Å². The Kier molecular flexibility index (Phi) is 6.09. The minimum absolute atomic E-state index is 0.290. The van der Waals surface area contributed by atoms with Crippen molar-refractivity contribution in [2.45, 2.75) is 32.2 Å². The van der Waals surface area contributed by atoms with Gasteiger partial charge >= 0.3 is 0 Å². The highest BCUT2D eigenvalue weighted by atomic mass is 19.1. The van der Waals surface area contributed by atoms with Crippen LogP contribution in [0.5, 0.6) is 0 Å². The maximum atomic E-state index is 13.0. The van der Waals surface area contributed by atoms with Gasteiger partial charge in [-0.15, -0.1) is 0 Å². The molecule has 2 aromatic heterocycles. The lowest BCUT2D eigenvalue weighted by atomic mass is 9.95. The van der Waals surface area contributed by atoms with Crippen LogP contribution < -0.4 is 5.32 Å². The zero-order valence-corrected chi connectivity index (χ0v) is 16.9. The number of hydrogen-bond donors (Lipinski definition) is 1. The molecule has 0 radical (unpaired) electrons. The number of aromatic nitrogens is 3. The van der Waals surface area contributed by atoms with Crippen LogP contribution in [0.4, 0.5) is 10.1 Å². The van der Waals surface area contributed by atoms with Crippen LogP contribution in [0.25, 0.3) is 0 Å². The van der Waals surface area contributed by atoms with Crippen molar-refractivity contribution in [3.63, 3.8) is 0 Å². The molecule has 1 amide bonds. The Morgan fingerprint density at radius 3 is 2.57 bits per heavy atom. The van der Waals surface area contributed by atoms with E-state index in [0.29, 0.717) is 16.9 Å². The highest BCUT2D eigenvalue weighted by Crippen LogP contribution is 2.26. The number of nitrogens with zero attached hydrogens (tertiary/aromatic N) is 4. The molecule has 0 aliphatic carbocycles. The van der Waals surface area contributed by atoms with Crippen LogP contribution in [0.1, 0.15) is 46.3 Å². The number of amides is 1. The molecule has 0 spiro atoms. The Morgan fingerprint density at radius 1 is 1.13 bits per heavy atom. The predicted molar refractivity (Wildman–Crippen MR) is 113 cm³/mol. The third-order valence-electron chi connectivity index (χ3n) is 5.41. The van der Waals surface area contributed by atoms with E-state index >= 15 is 0 Å². The molecule has 0 bridgehead atoms. The van der Waals surface area contributed by atoms with Gasteiger partial charge in [-0.1, -0.05) is 6.07 Å². The van der Waals surface area contributed by atoms with E-state index < -0.39 is 0 Å². The van der Waals surface area contributed by atoms with Gasteiger partial charge in [0.05, 0.1) is 17.0 Å². The average molecular weight is 405 g/mol. The summed E-state index contributed by atoms with van der Waals surface area (Å²) in [6.45, 7) is 4.61. The summed E-state index contributed by atoms with van der Waals surface area (Å²) in [5, 5.41) is 2.76. The first-order chi connectivity index (χ1) is 14.6. The van der Waals surface area contributed by atoms with E-state index in [9.17, 15) is 9.18 Å². The standard InChI is InChI=1S/C23H24FN5O/c1-16-21(23(30)28-19-7-5-18(24)6-8-19)14-26-22(27-16)17-9-12-29(13-10-17)15-20-4-2-3-11-25-20/h2-8,11,14,17H,9-10,12-13,15H2,1H3,(H,28,30). The first-order valence-electron chi connectivity index (χ1n) is 10.1. The van der Waals surface area contributed by atoms with Crippen molar-refractivity contribution in [2.75, 3.05) is 18.4 Å². The molecular weight excluding hydrogens is 381 g/mol. The Morgan fingerprint density at radius 2 is 1.90 bits per heavy atom. The monoisotopic (exact) mass is 405 g/mol. The first kappa shape index (κ1) is 20.1. The molecule has 1 aliphatic heterocycles. The second-order valence-corrected chi connectivity index (χ2v) is 7.56. The minimum Gasteiger partial charge on any atom is -0.322 e. The minimum atomic E-state index is -0.344. The fraction of sp³-hybridized carbons (Fsp3) is 0.304. The van der Waals surface area contributed by atoms with Crippen LogP contribution in [0.2, 0.25) is 0 Å². The highest BCUT2D eigenvalue weighted by Gasteiger charge is 2.24. The number of hydrogen-bond acceptors (Lipinski definition) is 5. The number of rotatable bonds is 5. The van der Waals surface area contributed by atoms with E-state index in [4.69, 9.17) is 0 Å². The van der Waals surface area contributed by atoms with Gasteiger partial charge < -0.3 is 5.32 Å². The summed E-state index contributed by atoms with van der Waals surface area (Å²) < 4.78 is 13.0. The maximum Gasteiger partial charge on any atom is 0.259 e. The van der Waals surface area contributed by atoms with Gasteiger partial charge in [-0.25, -0.2) is 14.4 Å². The molecule has 1 N–H and O–H groups in total. The molecule has 1 aliphatic rings. The quantitative estimate of drug-likeness (QED) is 0.696. The summed E-state index contributed by atoms with van der Waals surface area (Å²) in [7, 11) is 0. The number of benzene rings is 1. The van der Waals surface area contributed by atoms with Gasteiger partial charge in [-0.2, -0.15) is 0 Å². The van der Waals surface area contributed by atoms with Gasteiger partial charge in [0.2, 0.25) is 0 Å². The zero-order valence-electron chi connectivity index (χ0n) is 16.9. The van der Waals surface area contributed by atoms with Crippen molar-refractivity contribution in [1.29, 1.82) is 0 Å². The van der Waals surface area contributed by atoms with Crippen LogP contribution in [-0.2, 0) is 6.54 Å². The van der Waals surface area contributed by atoms with Crippen LogP contribution in [0, 0.1) is 12.7 Å². The number of anilines is 1. The van der Waals surface area contributed by atoms with Gasteiger partial charge in [0.25, 0.3) is 5.91 Å². The normalized spacial score (nSPS) is 15.1. The smallest absolute Gasteiger partial charge is 0.259 e. The molecule has 7 heteroatoms. The number of halogens is 1. The van der Waals surface area contributed by atoms with Crippen molar-refractivity contribution < 1.29 is 9.18 Å². The zero-order chi connectivity index (χ0) is 20.9. The van der Waals surface area contributed by atoms with Crippen molar-refractivity contribution in [1.82, 2.24) is 19.9 Å². The Labute approximate surface area is 175 Å². The lowest BCUT2D eigenvalue weighted by Crippen LogP contribution is -2.33. The number of aryl methyl sites for hydroxylation is 1. The summed E-state index contributed by atoms with van der Waals surface area (Å²) in [5.74, 6) is 0.444. The van der Waals surface area contributed by atoms with E-state index in [1.165, 1.54) is 24.3 Å². The summed E-state index contributed by atoms with van der Waals surface area (Å²) in [4.78, 5) is 28.4. The Hall–Kier alpha value is -3.19.